The molecule has 0 unspecified atom stereocenters. The van der Waals surface area contributed by atoms with Gasteiger partial charge in [-0.3, -0.25) is 9.40 Å². The van der Waals surface area contributed by atoms with Crippen LogP contribution in [0.5, 0.6) is 5.75 Å². The number of phenolic OH excluding ortho intramolecular Hbond substituents is 1. The molecule has 0 spiro atoms. The third-order valence-corrected chi connectivity index (χ3v) is 3.85. The maximum absolute atomic E-state index is 12.1. The Morgan fingerprint density at radius 3 is 2.68 bits per heavy atom. The van der Waals surface area contributed by atoms with Crippen LogP contribution in [-0.4, -0.2) is 23.3 Å². The van der Waals surface area contributed by atoms with E-state index in [-0.39, 0.29) is 16.7 Å². The van der Waals surface area contributed by atoms with Gasteiger partial charge < -0.3 is 5.11 Å². The molecule has 7 heteroatoms. The predicted molar refractivity (Wildman–Crippen MR) is 71.5 cm³/mol. The quantitative estimate of drug-likeness (QED) is 0.897. The third-order valence-electron chi connectivity index (χ3n) is 2.52. The van der Waals surface area contributed by atoms with Crippen LogP contribution >= 0.6 is 0 Å². The maximum Gasteiger partial charge on any atom is 0.265 e. The van der Waals surface area contributed by atoms with E-state index in [0.717, 1.165) is 0 Å². The Balaban J connectivity index is 2.27. The zero-order valence-electron chi connectivity index (χ0n) is 10.6. The van der Waals surface area contributed by atoms with Crippen LogP contribution in [0.2, 0.25) is 0 Å². The highest BCUT2D eigenvalue weighted by molar-refractivity contribution is 7.92. The Morgan fingerprint density at radius 2 is 2.11 bits per heavy atom. The number of anilines is 1. The van der Waals surface area contributed by atoms with E-state index in [1.165, 1.54) is 24.5 Å². The third kappa shape index (κ3) is 3.05. The molecule has 2 rings (SSSR count). The molecular formula is C12H15N3O3S. The molecule has 1 aromatic carbocycles. The number of phenols is 1. The summed E-state index contributed by atoms with van der Waals surface area (Å²) in [5.74, 6) is -0.00178. The monoisotopic (exact) mass is 281 g/mol. The summed E-state index contributed by atoms with van der Waals surface area (Å²) >= 11 is 0. The molecule has 0 saturated heterocycles. The van der Waals surface area contributed by atoms with Crippen molar-refractivity contribution in [2.24, 2.45) is 0 Å². The van der Waals surface area contributed by atoms with Gasteiger partial charge in [0, 0.05) is 18.3 Å². The molecular weight excluding hydrogens is 266 g/mol. The van der Waals surface area contributed by atoms with E-state index in [0.29, 0.717) is 5.69 Å². The number of nitrogens with one attached hydrogen (secondary N) is 1. The number of rotatable bonds is 4. The van der Waals surface area contributed by atoms with Crippen molar-refractivity contribution in [1.29, 1.82) is 0 Å². The van der Waals surface area contributed by atoms with Gasteiger partial charge in [-0.25, -0.2) is 8.42 Å². The minimum atomic E-state index is -3.69. The van der Waals surface area contributed by atoms with Crippen molar-refractivity contribution < 1.29 is 13.5 Å². The minimum Gasteiger partial charge on any atom is -0.508 e. The fraction of sp³-hybridized carbons (Fsp3) is 0.250. The van der Waals surface area contributed by atoms with Gasteiger partial charge in [-0.1, -0.05) is 6.07 Å². The van der Waals surface area contributed by atoms with Gasteiger partial charge in [0.1, 0.15) is 10.6 Å². The number of aromatic nitrogens is 2. The van der Waals surface area contributed by atoms with Gasteiger partial charge in [0.25, 0.3) is 10.0 Å². The lowest BCUT2D eigenvalue weighted by molar-refractivity contribution is 0.475. The van der Waals surface area contributed by atoms with E-state index >= 15 is 0 Å². The minimum absolute atomic E-state index is 0.00178. The lowest BCUT2D eigenvalue weighted by Gasteiger charge is -2.06. The highest BCUT2D eigenvalue weighted by atomic mass is 32.2. The molecule has 0 amide bonds. The van der Waals surface area contributed by atoms with Crippen LogP contribution in [0, 0.1) is 0 Å². The SMILES string of the molecule is CC(C)n1cc(S(=O)(=O)Nc2cccc(O)c2)cn1. The van der Waals surface area contributed by atoms with Crippen molar-refractivity contribution in [1.82, 2.24) is 9.78 Å². The molecule has 0 aliphatic rings. The molecule has 0 aliphatic heterocycles. The highest BCUT2D eigenvalue weighted by Gasteiger charge is 2.17. The highest BCUT2D eigenvalue weighted by Crippen LogP contribution is 2.20. The first-order valence-electron chi connectivity index (χ1n) is 5.74. The van der Waals surface area contributed by atoms with Crippen LogP contribution in [0.3, 0.4) is 0 Å². The molecule has 0 saturated carbocycles. The van der Waals surface area contributed by atoms with Crippen molar-refractivity contribution in [3.63, 3.8) is 0 Å². The average Bonchev–Trinajstić information content (AvgIpc) is 2.78. The van der Waals surface area contributed by atoms with E-state index in [1.54, 1.807) is 16.8 Å². The smallest absolute Gasteiger partial charge is 0.265 e. The van der Waals surface area contributed by atoms with Gasteiger partial charge in [-0.2, -0.15) is 5.10 Å². The first-order chi connectivity index (χ1) is 8.88. The van der Waals surface area contributed by atoms with Crippen molar-refractivity contribution in [2.45, 2.75) is 24.8 Å². The summed E-state index contributed by atoms with van der Waals surface area (Å²) in [7, 11) is -3.69. The summed E-state index contributed by atoms with van der Waals surface area (Å²) in [5.41, 5.74) is 0.303. The lowest BCUT2D eigenvalue weighted by Crippen LogP contribution is -2.12. The van der Waals surface area contributed by atoms with Crippen molar-refractivity contribution in [3.05, 3.63) is 36.7 Å². The molecule has 0 bridgehead atoms. The number of sulfonamides is 1. The van der Waals surface area contributed by atoms with Crippen LogP contribution in [0.25, 0.3) is 0 Å². The normalized spacial score (nSPS) is 11.7. The second-order valence-electron chi connectivity index (χ2n) is 4.41. The summed E-state index contributed by atoms with van der Waals surface area (Å²) < 4.78 is 28.2. The number of hydrogen-bond acceptors (Lipinski definition) is 4. The van der Waals surface area contributed by atoms with E-state index in [4.69, 9.17) is 0 Å². The Kier molecular flexibility index (Phi) is 3.48. The molecule has 0 aliphatic carbocycles. The second kappa shape index (κ2) is 4.93. The van der Waals surface area contributed by atoms with Crippen LogP contribution < -0.4 is 4.72 Å². The van der Waals surface area contributed by atoms with E-state index < -0.39 is 10.0 Å². The first-order valence-corrected chi connectivity index (χ1v) is 7.23. The molecule has 2 N–H and O–H groups in total. The topological polar surface area (TPSA) is 84.2 Å². The van der Waals surface area contributed by atoms with Crippen LogP contribution in [0.1, 0.15) is 19.9 Å². The second-order valence-corrected chi connectivity index (χ2v) is 6.09. The molecule has 2 aromatic rings. The fourth-order valence-electron chi connectivity index (χ4n) is 1.53. The van der Waals surface area contributed by atoms with Gasteiger partial charge >= 0.3 is 0 Å². The Morgan fingerprint density at radius 1 is 1.37 bits per heavy atom. The average molecular weight is 281 g/mol. The molecule has 0 radical (unpaired) electrons. The van der Waals surface area contributed by atoms with Crippen LogP contribution in [0.4, 0.5) is 5.69 Å². The van der Waals surface area contributed by atoms with E-state index in [2.05, 4.69) is 9.82 Å². The Labute approximate surface area is 111 Å². The van der Waals surface area contributed by atoms with Gasteiger partial charge in [0.15, 0.2) is 0 Å². The molecule has 102 valence electrons. The summed E-state index contributed by atoms with van der Waals surface area (Å²) in [6.45, 7) is 3.82. The van der Waals surface area contributed by atoms with Crippen LogP contribution in [-0.2, 0) is 10.0 Å². The summed E-state index contributed by atoms with van der Waals surface area (Å²) in [6.07, 6.45) is 2.76. The Bertz CT molecular complexity index is 677. The molecule has 6 nitrogen and oxygen atoms in total. The van der Waals surface area contributed by atoms with Gasteiger partial charge in [0.2, 0.25) is 0 Å². The number of aromatic hydroxyl groups is 1. The molecule has 1 aromatic heterocycles. The largest absolute Gasteiger partial charge is 0.508 e. The van der Waals surface area contributed by atoms with E-state index in [1.807, 2.05) is 13.8 Å². The summed E-state index contributed by atoms with van der Waals surface area (Å²) in [6, 6.07) is 6.01. The zero-order chi connectivity index (χ0) is 14.0. The van der Waals surface area contributed by atoms with Crippen molar-refractivity contribution in [3.8, 4) is 5.75 Å². The van der Waals surface area contributed by atoms with Gasteiger partial charge in [-0.05, 0) is 26.0 Å². The van der Waals surface area contributed by atoms with E-state index in [9.17, 15) is 13.5 Å². The standard InChI is InChI=1S/C12H15N3O3S/c1-9(2)15-8-12(7-13-15)19(17,18)14-10-4-3-5-11(16)6-10/h3-9,14,16H,1-2H3. The zero-order valence-corrected chi connectivity index (χ0v) is 11.4. The van der Waals surface area contributed by atoms with Crippen LogP contribution in [0.15, 0.2) is 41.6 Å². The number of benzene rings is 1. The summed E-state index contributed by atoms with van der Waals surface area (Å²) in [5, 5.41) is 13.3. The number of hydrogen-bond donors (Lipinski definition) is 2. The fourth-order valence-corrected chi connectivity index (χ4v) is 2.51. The Hall–Kier alpha value is -2.02. The van der Waals surface area contributed by atoms with Gasteiger partial charge in [-0.15, -0.1) is 0 Å². The molecule has 0 fully saturated rings. The van der Waals surface area contributed by atoms with Crippen molar-refractivity contribution in [2.75, 3.05) is 4.72 Å². The van der Waals surface area contributed by atoms with Gasteiger partial charge in [0.05, 0.1) is 11.9 Å². The van der Waals surface area contributed by atoms with Crippen molar-refractivity contribution >= 4 is 15.7 Å². The molecule has 19 heavy (non-hydrogen) atoms. The molecule has 0 atom stereocenters. The summed E-state index contributed by atoms with van der Waals surface area (Å²) in [4.78, 5) is 0.0875. The lowest BCUT2D eigenvalue weighted by atomic mass is 10.3. The molecule has 1 heterocycles. The maximum atomic E-state index is 12.1. The number of nitrogens with zero attached hydrogens (tertiary/aromatic N) is 2. The predicted octanol–water partition coefficient (Wildman–Crippen LogP) is 1.97. The first kappa shape index (κ1) is 13.4.